The minimum absolute atomic E-state index is 0.494. The second-order valence-electron chi connectivity index (χ2n) is 3.95. The summed E-state index contributed by atoms with van der Waals surface area (Å²) in [5.41, 5.74) is 4.75. The lowest BCUT2D eigenvalue weighted by Crippen LogP contribution is -2.01. The van der Waals surface area contributed by atoms with E-state index >= 15 is 0 Å². The number of hydrogen-bond acceptors (Lipinski definition) is 1. The van der Waals surface area contributed by atoms with Gasteiger partial charge in [0.1, 0.15) is 0 Å². The Bertz CT molecular complexity index is 356. The van der Waals surface area contributed by atoms with Crippen molar-refractivity contribution in [2.24, 2.45) is 0 Å². The molecule has 1 nitrogen and oxygen atoms in total. The lowest BCUT2D eigenvalue weighted by Gasteiger charge is -2.16. The smallest absolute Gasteiger partial charge is 0.0716 e. The van der Waals surface area contributed by atoms with Gasteiger partial charge >= 0.3 is 0 Å². The van der Waals surface area contributed by atoms with E-state index in [0.717, 1.165) is 11.3 Å². The normalized spacial score (nSPS) is 10.4. The zero-order chi connectivity index (χ0) is 11.4. The first-order valence-corrected chi connectivity index (χ1v) is 5.31. The van der Waals surface area contributed by atoms with E-state index in [4.69, 9.17) is 7.85 Å². The number of hydrogen-bond donors (Lipinski definition) is 1. The molecule has 0 amide bonds. The van der Waals surface area contributed by atoms with Gasteiger partial charge in [-0.05, 0) is 29.2 Å². The Morgan fingerprint density at radius 1 is 1.47 bits per heavy atom. The van der Waals surface area contributed by atoms with Crippen LogP contribution in [-0.2, 0) is 6.32 Å². The molecule has 0 saturated heterocycles. The molecule has 2 radical (unpaired) electrons. The van der Waals surface area contributed by atoms with Crippen molar-refractivity contribution in [2.75, 3.05) is 12.4 Å². The summed E-state index contributed by atoms with van der Waals surface area (Å²) in [4.78, 5) is 0. The lowest BCUT2D eigenvalue weighted by molar-refractivity contribution is 0.854. The van der Waals surface area contributed by atoms with Gasteiger partial charge in [0.15, 0.2) is 0 Å². The Morgan fingerprint density at radius 2 is 2.13 bits per heavy atom. The SMILES string of the molecule is [B]Cc1cc(NC)c(C=C)cc1C(C)C. The maximum Gasteiger partial charge on any atom is 0.0716 e. The number of anilines is 1. The Kier molecular flexibility index (Phi) is 4.01. The van der Waals surface area contributed by atoms with Crippen LogP contribution < -0.4 is 5.32 Å². The van der Waals surface area contributed by atoms with Crippen LogP contribution in [0.2, 0.25) is 0 Å². The molecule has 2 heteroatoms. The molecule has 0 heterocycles. The third-order valence-electron chi connectivity index (χ3n) is 2.64. The van der Waals surface area contributed by atoms with Crippen molar-refractivity contribution < 1.29 is 0 Å². The summed E-state index contributed by atoms with van der Waals surface area (Å²) < 4.78 is 0. The first-order chi connectivity index (χ1) is 7.13. The van der Waals surface area contributed by atoms with E-state index in [1.807, 2.05) is 13.1 Å². The Balaban J connectivity index is 3.33. The first-order valence-electron chi connectivity index (χ1n) is 5.31. The van der Waals surface area contributed by atoms with Gasteiger partial charge in [-0.2, -0.15) is 0 Å². The van der Waals surface area contributed by atoms with Crippen molar-refractivity contribution in [1.82, 2.24) is 0 Å². The second kappa shape index (κ2) is 5.06. The molecular formula is C13H18BN. The van der Waals surface area contributed by atoms with Crippen molar-refractivity contribution in [2.45, 2.75) is 26.1 Å². The summed E-state index contributed by atoms with van der Waals surface area (Å²) in [5, 5.41) is 3.16. The van der Waals surface area contributed by atoms with E-state index in [0.29, 0.717) is 12.2 Å². The van der Waals surface area contributed by atoms with Gasteiger partial charge in [0, 0.05) is 12.7 Å². The van der Waals surface area contributed by atoms with Crippen molar-refractivity contribution in [1.29, 1.82) is 0 Å². The van der Waals surface area contributed by atoms with E-state index in [9.17, 15) is 0 Å². The molecule has 1 N–H and O–H groups in total. The van der Waals surface area contributed by atoms with Crippen molar-refractivity contribution >= 4 is 19.6 Å². The van der Waals surface area contributed by atoms with Crippen LogP contribution in [0, 0.1) is 0 Å². The highest BCUT2D eigenvalue weighted by Crippen LogP contribution is 2.27. The fourth-order valence-electron chi connectivity index (χ4n) is 1.78. The molecule has 0 saturated carbocycles. The summed E-state index contributed by atoms with van der Waals surface area (Å²) >= 11 is 0. The fraction of sp³-hybridized carbons (Fsp3) is 0.385. The summed E-state index contributed by atoms with van der Waals surface area (Å²) in [6.07, 6.45) is 2.46. The van der Waals surface area contributed by atoms with Gasteiger partial charge in [0.2, 0.25) is 0 Å². The Hall–Kier alpha value is -1.18. The molecule has 0 aliphatic heterocycles. The average molecular weight is 199 g/mol. The minimum atomic E-state index is 0.494. The molecule has 0 atom stereocenters. The van der Waals surface area contributed by atoms with Crippen LogP contribution in [0.4, 0.5) is 5.69 Å². The van der Waals surface area contributed by atoms with Crippen molar-refractivity contribution in [3.63, 3.8) is 0 Å². The number of nitrogens with one attached hydrogen (secondary N) is 1. The van der Waals surface area contributed by atoms with Crippen LogP contribution in [0.1, 0.15) is 36.5 Å². The zero-order valence-corrected chi connectivity index (χ0v) is 9.80. The molecule has 1 rings (SSSR count). The fourth-order valence-corrected chi connectivity index (χ4v) is 1.78. The molecule has 0 unspecified atom stereocenters. The maximum absolute atomic E-state index is 5.75. The van der Waals surface area contributed by atoms with Crippen LogP contribution in [0.15, 0.2) is 18.7 Å². The van der Waals surface area contributed by atoms with Gasteiger partial charge in [0.25, 0.3) is 0 Å². The molecule has 0 aliphatic rings. The molecule has 0 aliphatic carbocycles. The highest BCUT2D eigenvalue weighted by Gasteiger charge is 2.08. The van der Waals surface area contributed by atoms with Gasteiger partial charge in [0.05, 0.1) is 7.85 Å². The third kappa shape index (κ3) is 2.44. The van der Waals surface area contributed by atoms with Gasteiger partial charge in [-0.1, -0.05) is 38.4 Å². The highest BCUT2D eigenvalue weighted by atomic mass is 14.8. The van der Waals surface area contributed by atoms with Gasteiger partial charge in [-0.25, -0.2) is 0 Å². The Labute approximate surface area is 94.0 Å². The molecule has 1 aromatic rings. The zero-order valence-electron chi connectivity index (χ0n) is 9.80. The summed E-state index contributed by atoms with van der Waals surface area (Å²) in [6, 6.07) is 4.29. The molecule has 0 aromatic heterocycles. The largest absolute Gasteiger partial charge is 0.388 e. The van der Waals surface area contributed by atoms with E-state index in [1.54, 1.807) is 0 Å². The van der Waals surface area contributed by atoms with Gasteiger partial charge in [-0.15, -0.1) is 0 Å². The Morgan fingerprint density at radius 3 is 2.53 bits per heavy atom. The standard InChI is InChI=1S/C13H18BN/c1-5-10-6-12(9(2)3)11(8-14)7-13(10)15-4/h5-7,9,15H,1,8H2,2-4H3. The van der Waals surface area contributed by atoms with Crippen LogP contribution in [-0.4, -0.2) is 14.9 Å². The lowest BCUT2D eigenvalue weighted by atomic mass is 9.86. The number of rotatable bonds is 4. The van der Waals surface area contributed by atoms with Crippen molar-refractivity contribution in [3.8, 4) is 0 Å². The predicted octanol–water partition coefficient (Wildman–Crippen LogP) is 3.16. The first kappa shape index (κ1) is 11.9. The van der Waals surface area contributed by atoms with E-state index in [1.165, 1.54) is 11.1 Å². The molecule has 0 bridgehead atoms. The molecular weight excluding hydrogens is 181 g/mol. The molecule has 78 valence electrons. The topological polar surface area (TPSA) is 12.0 Å². The summed E-state index contributed by atoms with van der Waals surface area (Å²) in [6.45, 7) is 8.19. The summed E-state index contributed by atoms with van der Waals surface area (Å²) in [7, 11) is 7.66. The van der Waals surface area contributed by atoms with Gasteiger partial charge in [-0.3, -0.25) is 0 Å². The predicted molar refractivity (Wildman–Crippen MR) is 69.6 cm³/mol. The second-order valence-corrected chi connectivity index (χ2v) is 3.95. The molecule has 1 aromatic carbocycles. The van der Waals surface area contributed by atoms with Crippen LogP contribution in [0.25, 0.3) is 6.08 Å². The summed E-state index contributed by atoms with van der Waals surface area (Å²) in [5.74, 6) is 0.494. The maximum atomic E-state index is 5.75. The van der Waals surface area contributed by atoms with E-state index in [-0.39, 0.29) is 0 Å². The average Bonchev–Trinajstić information content (AvgIpc) is 2.26. The molecule has 15 heavy (non-hydrogen) atoms. The minimum Gasteiger partial charge on any atom is -0.388 e. The van der Waals surface area contributed by atoms with E-state index < -0.39 is 0 Å². The van der Waals surface area contributed by atoms with Gasteiger partial charge < -0.3 is 5.32 Å². The quantitative estimate of drug-likeness (QED) is 0.734. The van der Waals surface area contributed by atoms with Crippen molar-refractivity contribution in [3.05, 3.63) is 35.4 Å². The molecule has 0 fully saturated rings. The number of benzene rings is 1. The molecule has 0 spiro atoms. The van der Waals surface area contributed by atoms with Crippen LogP contribution in [0.3, 0.4) is 0 Å². The van der Waals surface area contributed by atoms with E-state index in [2.05, 4.69) is 37.9 Å². The van der Waals surface area contributed by atoms with Crippen LogP contribution >= 0.6 is 0 Å². The highest BCUT2D eigenvalue weighted by molar-refractivity contribution is 6.08. The van der Waals surface area contributed by atoms with Crippen LogP contribution in [0.5, 0.6) is 0 Å². The monoisotopic (exact) mass is 199 g/mol. The third-order valence-corrected chi connectivity index (χ3v) is 2.64.